The summed E-state index contributed by atoms with van der Waals surface area (Å²) in [5, 5.41) is 15.9. The first-order valence-electron chi connectivity index (χ1n) is 8.22. The van der Waals surface area contributed by atoms with Crippen molar-refractivity contribution in [2.75, 3.05) is 12.0 Å². The number of benzene rings is 1. The van der Waals surface area contributed by atoms with Gasteiger partial charge in [-0.2, -0.15) is 5.10 Å². The fourth-order valence-electron chi connectivity index (χ4n) is 2.62. The van der Waals surface area contributed by atoms with Crippen LogP contribution in [0.25, 0.3) is 11.3 Å². The van der Waals surface area contributed by atoms with Crippen molar-refractivity contribution in [3.05, 3.63) is 54.0 Å². The molecule has 0 bridgehead atoms. The Labute approximate surface area is 176 Å². The molecule has 1 aromatic carbocycles. The van der Waals surface area contributed by atoms with Gasteiger partial charge in [0.15, 0.2) is 0 Å². The molecular formula is C18H17F3LiN5O2. The molecule has 2 N–H and O–H groups in total. The first kappa shape index (κ1) is 22.5. The molecule has 0 saturated heterocycles. The fraction of sp³-hybridized carbons (Fsp3) is 0.222. The first-order chi connectivity index (χ1) is 13.4. The molecule has 0 aliphatic carbocycles. The number of hydrogen-bond acceptors (Lipinski definition) is 5. The first-order valence-corrected chi connectivity index (χ1v) is 8.22. The van der Waals surface area contributed by atoms with Gasteiger partial charge in [0, 0.05) is 18.0 Å². The van der Waals surface area contributed by atoms with Crippen LogP contribution in [0.15, 0.2) is 42.9 Å². The molecule has 2 heterocycles. The monoisotopic (exact) mass is 399 g/mol. The van der Waals surface area contributed by atoms with Gasteiger partial charge in [0.05, 0.1) is 23.1 Å². The average molecular weight is 399 g/mol. The molecule has 0 saturated carbocycles. The third kappa shape index (κ3) is 4.96. The number of anilines is 2. The number of nitrogens with zero attached hydrogens (tertiary/aromatic N) is 4. The van der Waals surface area contributed by atoms with Crippen LogP contribution < -0.4 is 5.32 Å². The summed E-state index contributed by atoms with van der Waals surface area (Å²) in [7, 11) is 0. The van der Waals surface area contributed by atoms with Gasteiger partial charge in [-0.3, -0.25) is 4.68 Å². The predicted molar refractivity (Wildman–Crippen MR) is 103 cm³/mol. The summed E-state index contributed by atoms with van der Waals surface area (Å²) in [4.78, 5) is 19.9. The molecule has 148 valence electrons. The maximum atomic E-state index is 12.8. The maximum absolute atomic E-state index is 12.8. The van der Waals surface area contributed by atoms with Crippen molar-refractivity contribution in [1.82, 2.24) is 19.7 Å². The fourth-order valence-corrected chi connectivity index (χ4v) is 2.62. The third-order valence-electron chi connectivity index (χ3n) is 4.03. The summed E-state index contributed by atoms with van der Waals surface area (Å²) in [5.41, 5.74) is 1.87. The second-order valence-electron chi connectivity index (χ2n) is 5.97. The zero-order valence-corrected chi connectivity index (χ0v) is 14.7. The van der Waals surface area contributed by atoms with Crippen LogP contribution in [0.1, 0.15) is 22.0 Å². The van der Waals surface area contributed by atoms with Crippen molar-refractivity contribution in [2.45, 2.75) is 19.4 Å². The Balaban J connectivity index is 0.00000300. The number of carboxylic acids is 1. The average Bonchev–Trinajstić information content (AvgIpc) is 3.11. The van der Waals surface area contributed by atoms with Gasteiger partial charge < -0.3 is 10.4 Å². The summed E-state index contributed by atoms with van der Waals surface area (Å²) in [6, 6.07) is 4.74. The van der Waals surface area contributed by atoms with Crippen LogP contribution in [-0.2, 0) is 0 Å². The van der Waals surface area contributed by atoms with Gasteiger partial charge in [0.1, 0.15) is 12.7 Å². The van der Waals surface area contributed by atoms with E-state index < -0.39 is 25.1 Å². The molecule has 2 aromatic heterocycles. The summed E-state index contributed by atoms with van der Waals surface area (Å²) in [5.74, 6) is -0.970. The van der Waals surface area contributed by atoms with Gasteiger partial charge >= 0.3 is 24.8 Å². The summed E-state index contributed by atoms with van der Waals surface area (Å²) < 4.78 is 39.3. The minimum absolute atomic E-state index is 0. The Kier molecular flexibility index (Phi) is 7.42. The van der Waals surface area contributed by atoms with Crippen molar-refractivity contribution in [3.63, 3.8) is 0 Å². The van der Waals surface area contributed by atoms with Gasteiger partial charge in [-0.15, -0.1) is 0 Å². The number of halogens is 3. The molecule has 3 rings (SSSR count). The van der Waals surface area contributed by atoms with Gasteiger partial charge in [-0.25, -0.2) is 27.9 Å². The number of aromatic nitrogens is 4. The van der Waals surface area contributed by atoms with Crippen LogP contribution in [-0.4, -0.2) is 62.8 Å². The second kappa shape index (κ2) is 9.58. The van der Waals surface area contributed by atoms with E-state index in [1.165, 1.54) is 24.7 Å². The molecular weight excluding hydrogens is 382 g/mol. The predicted octanol–water partition coefficient (Wildman–Crippen LogP) is 3.22. The molecule has 0 aliphatic rings. The van der Waals surface area contributed by atoms with Gasteiger partial charge in [0.2, 0.25) is 5.95 Å². The molecule has 0 amide bonds. The molecule has 0 radical (unpaired) electrons. The molecule has 1 atom stereocenters. The Morgan fingerprint density at radius 2 is 2.00 bits per heavy atom. The zero-order valence-electron chi connectivity index (χ0n) is 14.7. The van der Waals surface area contributed by atoms with Crippen molar-refractivity contribution < 1.29 is 23.1 Å². The van der Waals surface area contributed by atoms with E-state index in [9.17, 15) is 23.1 Å². The normalized spacial score (nSPS) is 11.8. The minimum atomic E-state index is -2.90. The van der Waals surface area contributed by atoms with Crippen LogP contribution >= 0.6 is 0 Å². The zero-order chi connectivity index (χ0) is 20.3. The van der Waals surface area contributed by atoms with Gasteiger partial charge in [-0.05, 0) is 18.6 Å². The topological polar surface area (TPSA) is 92.9 Å². The Morgan fingerprint density at radius 3 is 2.66 bits per heavy atom. The van der Waals surface area contributed by atoms with E-state index in [2.05, 4.69) is 20.4 Å². The summed E-state index contributed by atoms with van der Waals surface area (Å²) in [6.45, 7) is 0.486. The van der Waals surface area contributed by atoms with E-state index in [1.807, 2.05) is 0 Å². The molecule has 0 fully saturated rings. The Morgan fingerprint density at radius 1 is 1.28 bits per heavy atom. The number of alkyl halides is 3. The number of nitrogens with one attached hydrogen (secondary N) is 1. The molecule has 7 nitrogen and oxygen atoms in total. The van der Waals surface area contributed by atoms with Crippen LogP contribution in [0.3, 0.4) is 0 Å². The Hall–Kier alpha value is -2.83. The molecule has 0 aliphatic heterocycles. The van der Waals surface area contributed by atoms with Gasteiger partial charge in [0.25, 0.3) is 6.43 Å². The SMILES string of the molecule is Cc1cnc(Nc2cnn(C(CF)C(F)F)c2)nc1-c1ccccc1C(=O)O.[LiH]. The van der Waals surface area contributed by atoms with Crippen molar-refractivity contribution >= 4 is 36.5 Å². The van der Waals surface area contributed by atoms with E-state index >= 15 is 0 Å². The van der Waals surface area contributed by atoms with E-state index in [4.69, 9.17) is 0 Å². The van der Waals surface area contributed by atoms with E-state index in [1.54, 1.807) is 25.1 Å². The molecule has 0 spiro atoms. The summed E-state index contributed by atoms with van der Waals surface area (Å²) >= 11 is 0. The number of carboxylic acid groups (broad SMARTS) is 1. The van der Waals surface area contributed by atoms with Crippen molar-refractivity contribution in [1.29, 1.82) is 0 Å². The van der Waals surface area contributed by atoms with Crippen molar-refractivity contribution in [2.24, 2.45) is 0 Å². The molecule has 3 aromatic rings. The number of rotatable bonds is 7. The molecule has 11 heteroatoms. The van der Waals surface area contributed by atoms with Crippen LogP contribution in [0.4, 0.5) is 24.8 Å². The van der Waals surface area contributed by atoms with E-state index in [0.29, 0.717) is 22.5 Å². The number of aryl methyl sites for hydroxylation is 1. The second-order valence-corrected chi connectivity index (χ2v) is 5.97. The van der Waals surface area contributed by atoms with Crippen molar-refractivity contribution in [3.8, 4) is 11.3 Å². The summed E-state index contributed by atoms with van der Waals surface area (Å²) in [6.07, 6.45) is 1.09. The Bertz CT molecular complexity index is 999. The van der Waals surface area contributed by atoms with Crippen LogP contribution in [0.2, 0.25) is 0 Å². The van der Waals surface area contributed by atoms with Crippen LogP contribution in [0, 0.1) is 6.92 Å². The van der Waals surface area contributed by atoms with Gasteiger partial charge in [-0.1, -0.05) is 18.2 Å². The number of aromatic carboxylic acids is 1. The number of carbonyl (C=O) groups is 1. The standard InChI is InChI=1S/C18H16F3N5O2.Li.H/c1-10-7-22-18(24-11-8-23-26(9-11)14(6-19)16(20)21)25-15(10)12-4-2-3-5-13(12)17(27)28;;/h2-5,7-9,14,16H,6H2,1H3,(H,27,28)(H,22,24,25);;. The van der Waals surface area contributed by atoms with E-state index in [-0.39, 0.29) is 30.4 Å². The number of hydrogen-bond donors (Lipinski definition) is 2. The molecule has 29 heavy (non-hydrogen) atoms. The van der Waals surface area contributed by atoms with Crippen LogP contribution in [0.5, 0.6) is 0 Å². The molecule has 1 unspecified atom stereocenters. The third-order valence-corrected chi connectivity index (χ3v) is 4.03. The quantitative estimate of drug-likeness (QED) is 0.593. The van der Waals surface area contributed by atoms with E-state index in [0.717, 1.165) is 4.68 Å².